The number of methoxy groups -OCH3 is 1. The molecule has 0 spiro atoms. The summed E-state index contributed by atoms with van der Waals surface area (Å²) in [5, 5.41) is 3.25. The number of carbonyl (C=O) groups is 1. The molecule has 25 heavy (non-hydrogen) atoms. The molecule has 0 unspecified atom stereocenters. The second-order valence-electron chi connectivity index (χ2n) is 6.99. The van der Waals surface area contributed by atoms with E-state index in [0.717, 1.165) is 57.1 Å². The molecule has 1 saturated heterocycles. The van der Waals surface area contributed by atoms with Crippen molar-refractivity contribution in [1.82, 2.24) is 19.8 Å². The summed E-state index contributed by atoms with van der Waals surface area (Å²) in [6.45, 7) is 4.00. The first-order valence-corrected chi connectivity index (χ1v) is 9.15. The summed E-state index contributed by atoms with van der Waals surface area (Å²) in [5.74, 6) is 2.43. The Hall–Kier alpha value is -1.73. The normalized spacial score (nSPS) is 18.9. The van der Waals surface area contributed by atoms with Crippen molar-refractivity contribution in [2.24, 2.45) is 0 Å². The van der Waals surface area contributed by atoms with Crippen molar-refractivity contribution in [3.05, 3.63) is 17.1 Å². The fourth-order valence-corrected chi connectivity index (χ4v) is 3.69. The van der Waals surface area contributed by atoms with E-state index in [2.05, 4.69) is 17.3 Å². The molecule has 1 aromatic rings. The first-order chi connectivity index (χ1) is 12.1. The van der Waals surface area contributed by atoms with E-state index in [1.807, 2.05) is 11.9 Å². The molecule has 7 nitrogen and oxygen atoms in total. The summed E-state index contributed by atoms with van der Waals surface area (Å²) in [4.78, 5) is 26.1. The molecule has 3 rings (SSSR count). The van der Waals surface area contributed by atoms with Gasteiger partial charge in [-0.3, -0.25) is 4.79 Å². The summed E-state index contributed by atoms with van der Waals surface area (Å²) < 4.78 is 5.00. The molecule has 1 N–H and O–H groups in total. The lowest BCUT2D eigenvalue weighted by Crippen LogP contribution is -2.38. The molecule has 1 fully saturated rings. The van der Waals surface area contributed by atoms with Crippen molar-refractivity contribution >= 4 is 11.7 Å². The summed E-state index contributed by atoms with van der Waals surface area (Å²) >= 11 is 0. The minimum atomic E-state index is 0.186. The van der Waals surface area contributed by atoms with Gasteiger partial charge in [0.1, 0.15) is 11.6 Å². The minimum absolute atomic E-state index is 0.186. The number of nitrogens with zero attached hydrogens (tertiary/aromatic N) is 4. The number of fused-ring (bicyclic) bond motifs is 1. The van der Waals surface area contributed by atoms with Crippen LogP contribution in [-0.2, 0) is 22.5 Å². The number of ether oxygens (including phenoxy) is 1. The van der Waals surface area contributed by atoms with Crippen LogP contribution >= 0.6 is 0 Å². The third-order valence-corrected chi connectivity index (χ3v) is 5.24. The third-order valence-electron chi connectivity index (χ3n) is 5.24. The first kappa shape index (κ1) is 18.1. The van der Waals surface area contributed by atoms with Gasteiger partial charge < -0.3 is 19.9 Å². The Bertz CT molecular complexity index is 596. The van der Waals surface area contributed by atoms with E-state index in [9.17, 15) is 4.79 Å². The van der Waals surface area contributed by atoms with E-state index < -0.39 is 0 Å². The number of likely N-dealkylation sites (N-methyl/N-ethyl adjacent to an activating group) is 1. The average molecular weight is 347 g/mol. The Morgan fingerprint density at radius 1 is 1.28 bits per heavy atom. The fraction of sp³-hybridized carbons (Fsp3) is 0.722. The van der Waals surface area contributed by atoms with Gasteiger partial charge in [0.05, 0.1) is 18.7 Å². The summed E-state index contributed by atoms with van der Waals surface area (Å²) in [6.07, 6.45) is 3.31. The van der Waals surface area contributed by atoms with Crippen molar-refractivity contribution in [1.29, 1.82) is 0 Å². The smallest absolute Gasteiger partial charge is 0.224 e. The van der Waals surface area contributed by atoms with E-state index in [1.54, 1.807) is 7.11 Å². The van der Waals surface area contributed by atoms with Crippen molar-refractivity contribution in [3.63, 3.8) is 0 Å². The highest BCUT2D eigenvalue weighted by molar-refractivity contribution is 5.76. The highest BCUT2D eigenvalue weighted by atomic mass is 16.5. The van der Waals surface area contributed by atoms with Gasteiger partial charge in [-0.2, -0.15) is 0 Å². The third kappa shape index (κ3) is 4.10. The molecule has 0 bridgehead atoms. The number of rotatable bonds is 5. The van der Waals surface area contributed by atoms with E-state index >= 15 is 0 Å². The van der Waals surface area contributed by atoms with Gasteiger partial charge in [0.2, 0.25) is 5.91 Å². The maximum atomic E-state index is 12.1. The van der Waals surface area contributed by atoms with Gasteiger partial charge in [-0.25, -0.2) is 9.97 Å². The topological polar surface area (TPSA) is 70.6 Å². The summed E-state index contributed by atoms with van der Waals surface area (Å²) in [7, 11) is 5.69. The summed E-state index contributed by atoms with van der Waals surface area (Å²) in [5.41, 5.74) is 2.42. The van der Waals surface area contributed by atoms with Crippen LogP contribution in [0.4, 0.5) is 5.82 Å². The molecule has 2 aliphatic heterocycles. The van der Waals surface area contributed by atoms with Crippen LogP contribution in [0.2, 0.25) is 0 Å². The SMILES string of the molecule is CNc1nc(C2CCN(C(=O)CCOC)CC2)nc2c1CN(C)CC2. The van der Waals surface area contributed by atoms with E-state index in [-0.39, 0.29) is 5.91 Å². The molecule has 0 atom stereocenters. The maximum absolute atomic E-state index is 12.1. The number of nitrogens with one attached hydrogen (secondary N) is 1. The van der Waals surface area contributed by atoms with Gasteiger partial charge in [0, 0.05) is 58.2 Å². The zero-order chi connectivity index (χ0) is 17.8. The second-order valence-corrected chi connectivity index (χ2v) is 6.99. The monoisotopic (exact) mass is 347 g/mol. The molecular weight excluding hydrogens is 318 g/mol. The molecule has 0 saturated carbocycles. The predicted octanol–water partition coefficient (Wildman–Crippen LogP) is 1.25. The largest absolute Gasteiger partial charge is 0.384 e. The lowest BCUT2D eigenvalue weighted by Gasteiger charge is -2.32. The fourth-order valence-electron chi connectivity index (χ4n) is 3.69. The molecule has 7 heteroatoms. The van der Waals surface area contributed by atoms with Gasteiger partial charge in [-0.1, -0.05) is 0 Å². The van der Waals surface area contributed by atoms with Gasteiger partial charge in [-0.15, -0.1) is 0 Å². The van der Waals surface area contributed by atoms with Crippen LogP contribution in [0, 0.1) is 0 Å². The number of hydrogen-bond acceptors (Lipinski definition) is 6. The first-order valence-electron chi connectivity index (χ1n) is 9.15. The van der Waals surface area contributed by atoms with Crippen molar-refractivity contribution in [2.75, 3.05) is 52.8 Å². The number of hydrogen-bond donors (Lipinski definition) is 1. The number of aromatic nitrogens is 2. The van der Waals surface area contributed by atoms with Gasteiger partial charge in [0.15, 0.2) is 0 Å². The van der Waals surface area contributed by atoms with Crippen molar-refractivity contribution < 1.29 is 9.53 Å². The molecule has 0 aromatic carbocycles. The molecule has 0 aliphatic carbocycles. The lowest BCUT2D eigenvalue weighted by molar-refractivity contribution is -0.133. The van der Waals surface area contributed by atoms with Crippen LogP contribution in [0.15, 0.2) is 0 Å². The predicted molar refractivity (Wildman–Crippen MR) is 96.7 cm³/mol. The molecule has 1 aromatic heterocycles. The number of carbonyl (C=O) groups excluding carboxylic acids is 1. The second kappa shape index (κ2) is 8.10. The zero-order valence-corrected chi connectivity index (χ0v) is 15.5. The van der Waals surface area contributed by atoms with Crippen LogP contribution in [0.3, 0.4) is 0 Å². The number of anilines is 1. The molecule has 2 aliphatic rings. The van der Waals surface area contributed by atoms with Gasteiger partial charge in [-0.05, 0) is 19.9 Å². The molecular formula is C18H29N5O2. The molecule has 138 valence electrons. The Kier molecular flexibility index (Phi) is 5.86. The molecule has 0 radical (unpaired) electrons. The highest BCUT2D eigenvalue weighted by Gasteiger charge is 2.28. The van der Waals surface area contributed by atoms with Crippen LogP contribution < -0.4 is 5.32 Å². The van der Waals surface area contributed by atoms with E-state index in [0.29, 0.717) is 18.9 Å². The zero-order valence-electron chi connectivity index (χ0n) is 15.5. The Balaban J connectivity index is 1.68. The summed E-state index contributed by atoms with van der Waals surface area (Å²) in [6, 6.07) is 0. The highest BCUT2D eigenvalue weighted by Crippen LogP contribution is 2.30. The van der Waals surface area contributed by atoms with Crippen LogP contribution in [0.25, 0.3) is 0 Å². The van der Waals surface area contributed by atoms with Crippen molar-refractivity contribution in [2.45, 2.75) is 38.1 Å². The van der Waals surface area contributed by atoms with E-state index in [4.69, 9.17) is 14.7 Å². The number of likely N-dealkylation sites (tertiary alicyclic amines) is 1. The van der Waals surface area contributed by atoms with E-state index in [1.165, 1.54) is 11.3 Å². The molecule has 3 heterocycles. The van der Waals surface area contributed by atoms with Crippen LogP contribution in [-0.4, -0.2) is 73.1 Å². The van der Waals surface area contributed by atoms with Crippen molar-refractivity contribution in [3.8, 4) is 0 Å². The Morgan fingerprint density at radius 3 is 2.72 bits per heavy atom. The maximum Gasteiger partial charge on any atom is 0.224 e. The standard InChI is InChI=1S/C18H29N5O2/c1-19-18-14-12-22(2)8-6-15(14)20-17(21-18)13-4-9-23(10-5-13)16(24)7-11-25-3/h13H,4-12H2,1-3H3,(H,19,20,21). The van der Waals surface area contributed by atoms with Gasteiger partial charge >= 0.3 is 0 Å². The Labute approximate surface area is 149 Å². The molecule has 1 amide bonds. The average Bonchev–Trinajstić information content (AvgIpc) is 2.65. The van der Waals surface area contributed by atoms with Crippen LogP contribution in [0.1, 0.15) is 42.3 Å². The minimum Gasteiger partial charge on any atom is -0.384 e. The van der Waals surface area contributed by atoms with Gasteiger partial charge in [0.25, 0.3) is 0 Å². The Morgan fingerprint density at radius 2 is 2.04 bits per heavy atom. The lowest BCUT2D eigenvalue weighted by atomic mass is 9.95. The van der Waals surface area contributed by atoms with Crippen LogP contribution in [0.5, 0.6) is 0 Å². The quantitative estimate of drug-likeness (QED) is 0.864. The number of piperidine rings is 1. The number of amides is 1.